The summed E-state index contributed by atoms with van der Waals surface area (Å²) in [5, 5.41) is 9.60. The molecule has 0 saturated heterocycles. The van der Waals surface area contributed by atoms with E-state index in [0.29, 0.717) is 26.4 Å². The first-order valence-corrected chi connectivity index (χ1v) is 6.66. The van der Waals surface area contributed by atoms with E-state index < -0.39 is 0 Å². The maximum atomic E-state index is 12.1. The summed E-state index contributed by atoms with van der Waals surface area (Å²) in [6, 6.07) is 4.87. The van der Waals surface area contributed by atoms with Crippen LogP contribution in [-0.4, -0.2) is 21.1 Å². The van der Waals surface area contributed by atoms with Crippen molar-refractivity contribution < 1.29 is 4.79 Å². The Hall–Kier alpha value is -1.44. The average molecular weight is 360 g/mol. The van der Waals surface area contributed by atoms with Gasteiger partial charge in [-0.2, -0.15) is 5.10 Å². The van der Waals surface area contributed by atoms with Crippen LogP contribution in [0.2, 0.25) is 5.02 Å². The number of thiocarbonyl (C=S) groups is 1. The van der Waals surface area contributed by atoms with E-state index in [1.807, 2.05) is 0 Å². The second-order valence-corrected chi connectivity index (χ2v) is 5.33. The highest BCUT2D eigenvalue weighted by Gasteiger charge is 2.14. The van der Waals surface area contributed by atoms with Gasteiger partial charge in [0.1, 0.15) is 10.8 Å². The van der Waals surface area contributed by atoms with E-state index in [9.17, 15) is 4.79 Å². The molecule has 1 aromatic carbocycles. The number of rotatable bonds is 3. The minimum absolute atomic E-state index is 0.152. The van der Waals surface area contributed by atoms with Crippen LogP contribution < -0.4 is 11.1 Å². The van der Waals surface area contributed by atoms with Crippen molar-refractivity contribution in [3.8, 4) is 0 Å². The molecule has 1 amide bonds. The Morgan fingerprint density at radius 3 is 2.84 bits per heavy atom. The van der Waals surface area contributed by atoms with Crippen LogP contribution in [-0.2, 0) is 0 Å². The Kier molecular flexibility index (Phi) is 4.18. The molecule has 8 heteroatoms. The van der Waals surface area contributed by atoms with Gasteiger partial charge < -0.3 is 11.1 Å². The normalized spacial score (nSPS) is 10.2. The number of anilines is 1. The van der Waals surface area contributed by atoms with Crippen LogP contribution >= 0.6 is 39.7 Å². The number of nitrogens with one attached hydrogen (secondary N) is 2. The summed E-state index contributed by atoms with van der Waals surface area (Å²) in [4.78, 5) is 12.3. The lowest BCUT2D eigenvalue weighted by molar-refractivity contribution is 0.102. The predicted molar refractivity (Wildman–Crippen MR) is 81.6 cm³/mol. The summed E-state index contributed by atoms with van der Waals surface area (Å²) in [5.41, 5.74) is 6.43. The molecule has 0 radical (unpaired) electrons. The highest BCUT2D eigenvalue weighted by atomic mass is 79.9. The van der Waals surface area contributed by atoms with Gasteiger partial charge in [-0.3, -0.25) is 9.89 Å². The van der Waals surface area contributed by atoms with E-state index in [1.54, 1.807) is 18.2 Å². The molecule has 1 heterocycles. The van der Waals surface area contributed by atoms with Gasteiger partial charge in [0, 0.05) is 9.50 Å². The molecule has 1 aromatic heterocycles. The van der Waals surface area contributed by atoms with Gasteiger partial charge in [0.2, 0.25) is 0 Å². The van der Waals surface area contributed by atoms with Gasteiger partial charge in [-0.15, -0.1) is 0 Å². The van der Waals surface area contributed by atoms with Gasteiger partial charge in [-0.05, 0) is 34.1 Å². The first-order valence-electron chi connectivity index (χ1n) is 5.08. The van der Waals surface area contributed by atoms with Crippen molar-refractivity contribution in [2.24, 2.45) is 5.73 Å². The van der Waals surface area contributed by atoms with Crippen LogP contribution in [0.4, 0.5) is 5.82 Å². The number of carbonyl (C=O) groups is 1. The molecule has 0 saturated carbocycles. The standard InChI is InChI=1S/C11H8BrClN4OS/c12-8-3-5(13)1-2-6(8)11(18)16-10-7(9(14)19)4-15-17-10/h1-4H,(H2,14,19)(H2,15,16,17,18). The van der Waals surface area contributed by atoms with Gasteiger partial charge in [0.15, 0.2) is 0 Å². The molecule has 2 rings (SSSR count). The summed E-state index contributed by atoms with van der Waals surface area (Å²) >= 11 is 14.0. The number of benzene rings is 1. The van der Waals surface area contributed by atoms with Crippen LogP contribution in [0.3, 0.4) is 0 Å². The van der Waals surface area contributed by atoms with E-state index in [-0.39, 0.29) is 10.9 Å². The minimum Gasteiger partial charge on any atom is -0.389 e. The number of hydrogen-bond acceptors (Lipinski definition) is 3. The fraction of sp³-hybridized carbons (Fsp3) is 0. The van der Waals surface area contributed by atoms with E-state index in [1.165, 1.54) is 6.20 Å². The quantitative estimate of drug-likeness (QED) is 0.736. The second kappa shape index (κ2) is 5.68. The molecule has 4 N–H and O–H groups in total. The summed E-state index contributed by atoms with van der Waals surface area (Å²) < 4.78 is 0.592. The summed E-state index contributed by atoms with van der Waals surface area (Å²) in [6.45, 7) is 0. The average Bonchev–Trinajstić information content (AvgIpc) is 2.76. The van der Waals surface area contributed by atoms with E-state index in [2.05, 4.69) is 31.4 Å². The maximum Gasteiger partial charge on any atom is 0.257 e. The number of nitrogens with zero attached hydrogens (tertiary/aromatic N) is 1. The lowest BCUT2D eigenvalue weighted by Crippen LogP contribution is -2.17. The fourth-order valence-electron chi connectivity index (χ4n) is 1.42. The number of nitrogens with two attached hydrogens (primary N) is 1. The van der Waals surface area contributed by atoms with Crippen molar-refractivity contribution >= 4 is 56.5 Å². The Balaban J connectivity index is 2.26. The van der Waals surface area contributed by atoms with Crippen LogP contribution in [0.25, 0.3) is 0 Å². The van der Waals surface area contributed by atoms with Crippen LogP contribution in [0.1, 0.15) is 15.9 Å². The van der Waals surface area contributed by atoms with Gasteiger partial charge in [0.25, 0.3) is 5.91 Å². The number of carbonyl (C=O) groups excluding carboxylic acids is 1. The lowest BCUT2D eigenvalue weighted by Gasteiger charge is -2.07. The largest absolute Gasteiger partial charge is 0.389 e. The molecular weight excluding hydrogens is 352 g/mol. The molecule has 0 unspecified atom stereocenters. The zero-order chi connectivity index (χ0) is 14.0. The molecule has 0 aliphatic carbocycles. The molecule has 19 heavy (non-hydrogen) atoms. The van der Waals surface area contributed by atoms with Crippen molar-refractivity contribution in [3.05, 3.63) is 45.0 Å². The van der Waals surface area contributed by atoms with Crippen molar-refractivity contribution in [1.82, 2.24) is 10.2 Å². The lowest BCUT2D eigenvalue weighted by atomic mass is 10.2. The number of H-pyrrole nitrogens is 1. The van der Waals surface area contributed by atoms with Gasteiger partial charge >= 0.3 is 0 Å². The molecule has 0 bridgehead atoms. The maximum absolute atomic E-state index is 12.1. The van der Waals surface area contributed by atoms with Crippen molar-refractivity contribution in [1.29, 1.82) is 0 Å². The smallest absolute Gasteiger partial charge is 0.257 e. The molecule has 2 aromatic rings. The molecule has 98 valence electrons. The fourth-order valence-corrected chi connectivity index (χ4v) is 2.44. The number of halogens is 2. The summed E-state index contributed by atoms with van der Waals surface area (Å²) in [7, 11) is 0. The van der Waals surface area contributed by atoms with E-state index in [0.717, 1.165) is 0 Å². The Labute approximate surface area is 127 Å². The van der Waals surface area contributed by atoms with E-state index in [4.69, 9.17) is 29.6 Å². The Morgan fingerprint density at radius 2 is 2.21 bits per heavy atom. The minimum atomic E-state index is -0.328. The molecular formula is C11H8BrClN4OS. The number of aromatic nitrogens is 2. The Morgan fingerprint density at radius 1 is 1.47 bits per heavy atom. The van der Waals surface area contributed by atoms with Crippen LogP contribution in [0.15, 0.2) is 28.9 Å². The molecule has 5 nitrogen and oxygen atoms in total. The number of hydrogen-bond donors (Lipinski definition) is 3. The molecule has 0 spiro atoms. The third kappa shape index (κ3) is 3.12. The van der Waals surface area contributed by atoms with Crippen LogP contribution in [0, 0.1) is 0 Å². The predicted octanol–water partition coefficient (Wildman–Crippen LogP) is 2.71. The second-order valence-electron chi connectivity index (χ2n) is 3.60. The van der Waals surface area contributed by atoms with Crippen molar-refractivity contribution in [2.45, 2.75) is 0 Å². The number of aromatic amines is 1. The third-order valence-corrected chi connectivity index (χ3v) is 3.43. The molecule has 0 aliphatic heterocycles. The first kappa shape index (κ1) is 14.0. The van der Waals surface area contributed by atoms with Crippen molar-refractivity contribution in [3.63, 3.8) is 0 Å². The first-order chi connectivity index (χ1) is 8.99. The van der Waals surface area contributed by atoms with Gasteiger partial charge in [0.05, 0.1) is 17.3 Å². The zero-order valence-electron chi connectivity index (χ0n) is 9.41. The SMILES string of the molecule is NC(=S)c1cn[nH]c1NC(=O)c1ccc(Cl)cc1Br. The Bertz CT molecular complexity index is 658. The highest BCUT2D eigenvalue weighted by molar-refractivity contribution is 9.10. The molecule has 0 fully saturated rings. The summed E-state index contributed by atoms with van der Waals surface area (Å²) in [5.74, 6) is 0.0321. The van der Waals surface area contributed by atoms with Crippen molar-refractivity contribution in [2.75, 3.05) is 5.32 Å². The van der Waals surface area contributed by atoms with Gasteiger partial charge in [-0.1, -0.05) is 23.8 Å². The molecule has 0 aliphatic rings. The van der Waals surface area contributed by atoms with E-state index >= 15 is 0 Å². The third-order valence-electron chi connectivity index (χ3n) is 2.32. The van der Waals surface area contributed by atoms with Gasteiger partial charge in [-0.25, -0.2) is 0 Å². The monoisotopic (exact) mass is 358 g/mol. The summed E-state index contributed by atoms with van der Waals surface area (Å²) in [6.07, 6.45) is 1.45. The molecule has 0 atom stereocenters. The topological polar surface area (TPSA) is 83.8 Å². The van der Waals surface area contributed by atoms with Crippen LogP contribution in [0.5, 0.6) is 0 Å². The highest BCUT2D eigenvalue weighted by Crippen LogP contribution is 2.22. The zero-order valence-corrected chi connectivity index (χ0v) is 12.6. The number of amides is 1.